The number of amides is 2. The van der Waals surface area contributed by atoms with Crippen LogP contribution in [-0.2, 0) is 9.59 Å². The predicted molar refractivity (Wildman–Crippen MR) is 73.8 cm³/mol. The molecule has 18 heavy (non-hydrogen) atoms. The summed E-state index contributed by atoms with van der Waals surface area (Å²) >= 11 is 0. The maximum atomic E-state index is 11.9. The molecule has 1 fully saturated rings. The van der Waals surface area contributed by atoms with Gasteiger partial charge in [-0.25, -0.2) is 0 Å². The van der Waals surface area contributed by atoms with Crippen molar-refractivity contribution in [1.82, 2.24) is 15.5 Å². The van der Waals surface area contributed by atoms with Gasteiger partial charge < -0.3 is 15.5 Å². The number of hydrogen-bond donors (Lipinski definition) is 2. The van der Waals surface area contributed by atoms with Crippen LogP contribution in [0.15, 0.2) is 0 Å². The van der Waals surface area contributed by atoms with Crippen LogP contribution in [0.4, 0.5) is 0 Å². The van der Waals surface area contributed by atoms with Gasteiger partial charge in [0.2, 0.25) is 11.8 Å². The first-order valence-electron chi connectivity index (χ1n) is 6.28. The van der Waals surface area contributed by atoms with Crippen molar-refractivity contribution in [3.8, 4) is 0 Å². The van der Waals surface area contributed by atoms with E-state index in [2.05, 4.69) is 10.6 Å². The van der Waals surface area contributed by atoms with Crippen LogP contribution >= 0.6 is 12.4 Å². The van der Waals surface area contributed by atoms with Gasteiger partial charge in [-0.1, -0.05) is 0 Å². The zero-order valence-corrected chi connectivity index (χ0v) is 12.0. The fraction of sp³-hybridized carbons (Fsp3) is 0.833. The van der Waals surface area contributed by atoms with Crippen molar-refractivity contribution >= 4 is 24.2 Å². The Morgan fingerprint density at radius 3 is 2.50 bits per heavy atom. The molecule has 0 unspecified atom stereocenters. The highest BCUT2D eigenvalue weighted by Gasteiger charge is 2.19. The number of piperidine rings is 1. The Bertz CT molecular complexity index is 268. The van der Waals surface area contributed by atoms with Crippen molar-refractivity contribution in [3.63, 3.8) is 0 Å². The molecule has 0 aliphatic carbocycles. The first kappa shape index (κ1) is 17.2. The molecule has 0 saturated carbocycles. The van der Waals surface area contributed by atoms with Crippen LogP contribution in [0.5, 0.6) is 0 Å². The van der Waals surface area contributed by atoms with Crippen LogP contribution < -0.4 is 10.6 Å². The Balaban J connectivity index is 0.00000289. The van der Waals surface area contributed by atoms with Gasteiger partial charge in [-0.05, 0) is 31.8 Å². The summed E-state index contributed by atoms with van der Waals surface area (Å²) < 4.78 is 0. The summed E-state index contributed by atoms with van der Waals surface area (Å²) in [6, 6.07) is 0. The summed E-state index contributed by atoms with van der Waals surface area (Å²) in [4.78, 5) is 24.6. The Morgan fingerprint density at radius 2 is 1.94 bits per heavy atom. The molecule has 1 aliphatic rings. The molecule has 2 N–H and O–H groups in total. The number of rotatable bonds is 5. The van der Waals surface area contributed by atoms with Gasteiger partial charge in [-0.15, -0.1) is 12.4 Å². The topological polar surface area (TPSA) is 61.4 Å². The van der Waals surface area contributed by atoms with Gasteiger partial charge in [-0.2, -0.15) is 0 Å². The molecule has 0 aromatic heterocycles. The van der Waals surface area contributed by atoms with Crippen molar-refractivity contribution in [2.45, 2.75) is 25.7 Å². The fourth-order valence-electron chi connectivity index (χ4n) is 2.01. The minimum absolute atomic E-state index is 0. The molecule has 0 spiro atoms. The van der Waals surface area contributed by atoms with E-state index < -0.39 is 0 Å². The zero-order valence-electron chi connectivity index (χ0n) is 11.2. The first-order chi connectivity index (χ1) is 8.13. The number of nitrogens with one attached hydrogen (secondary N) is 2. The Morgan fingerprint density at radius 1 is 1.33 bits per heavy atom. The number of nitrogens with zero attached hydrogens (tertiary/aromatic N) is 1. The number of hydrogen-bond acceptors (Lipinski definition) is 3. The highest BCUT2D eigenvalue weighted by molar-refractivity contribution is 5.85. The minimum atomic E-state index is -0.0217. The average Bonchev–Trinajstić information content (AvgIpc) is 2.36. The SMILES string of the molecule is CNC(=O)CCN(C)C(=O)CC1CCNCC1.Cl. The van der Waals surface area contributed by atoms with E-state index in [4.69, 9.17) is 0 Å². The molecule has 1 saturated heterocycles. The molecule has 0 radical (unpaired) electrons. The summed E-state index contributed by atoms with van der Waals surface area (Å²) in [5.41, 5.74) is 0. The van der Waals surface area contributed by atoms with E-state index in [9.17, 15) is 9.59 Å². The minimum Gasteiger partial charge on any atom is -0.359 e. The third kappa shape index (κ3) is 6.21. The molecule has 106 valence electrons. The summed E-state index contributed by atoms with van der Waals surface area (Å²) in [5.74, 6) is 0.638. The van der Waals surface area contributed by atoms with E-state index in [1.165, 1.54) is 0 Å². The largest absolute Gasteiger partial charge is 0.359 e. The molecule has 0 bridgehead atoms. The van der Waals surface area contributed by atoms with Gasteiger partial charge in [0.15, 0.2) is 0 Å². The lowest BCUT2D eigenvalue weighted by molar-refractivity contribution is -0.131. The van der Waals surface area contributed by atoms with Gasteiger partial charge in [0.25, 0.3) is 0 Å². The Kier molecular flexibility index (Phi) is 8.75. The van der Waals surface area contributed by atoms with Crippen LogP contribution in [0.1, 0.15) is 25.7 Å². The van der Waals surface area contributed by atoms with E-state index in [0.29, 0.717) is 25.3 Å². The second-order valence-electron chi connectivity index (χ2n) is 4.64. The van der Waals surface area contributed by atoms with Crippen LogP contribution in [0, 0.1) is 5.92 Å². The fourth-order valence-corrected chi connectivity index (χ4v) is 2.01. The monoisotopic (exact) mass is 277 g/mol. The van der Waals surface area contributed by atoms with E-state index in [0.717, 1.165) is 25.9 Å². The third-order valence-electron chi connectivity index (χ3n) is 3.30. The highest BCUT2D eigenvalue weighted by atomic mass is 35.5. The highest BCUT2D eigenvalue weighted by Crippen LogP contribution is 2.16. The molecule has 1 rings (SSSR count). The molecular formula is C12H24ClN3O2. The quantitative estimate of drug-likeness (QED) is 0.764. The lowest BCUT2D eigenvalue weighted by Crippen LogP contribution is -2.35. The third-order valence-corrected chi connectivity index (χ3v) is 3.30. The van der Waals surface area contributed by atoms with Crippen LogP contribution in [0.2, 0.25) is 0 Å². The summed E-state index contributed by atoms with van der Waals surface area (Å²) in [5, 5.41) is 5.84. The molecule has 5 nitrogen and oxygen atoms in total. The molecule has 1 heterocycles. The second kappa shape index (κ2) is 9.16. The first-order valence-corrected chi connectivity index (χ1v) is 6.28. The van der Waals surface area contributed by atoms with Crippen molar-refractivity contribution in [1.29, 1.82) is 0 Å². The molecule has 2 amide bonds. The predicted octanol–water partition coefficient (Wildman–Crippen LogP) is 0.392. The van der Waals surface area contributed by atoms with Gasteiger partial charge in [0.1, 0.15) is 0 Å². The van der Waals surface area contributed by atoms with Crippen molar-refractivity contribution in [2.75, 3.05) is 33.7 Å². The van der Waals surface area contributed by atoms with Crippen molar-refractivity contribution in [2.24, 2.45) is 5.92 Å². The molecule has 0 aromatic rings. The number of carbonyl (C=O) groups is 2. The molecular weight excluding hydrogens is 254 g/mol. The van der Waals surface area contributed by atoms with Crippen molar-refractivity contribution in [3.05, 3.63) is 0 Å². The van der Waals surface area contributed by atoms with Crippen LogP contribution in [-0.4, -0.2) is 50.4 Å². The lowest BCUT2D eigenvalue weighted by Gasteiger charge is -2.24. The van der Waals surface area contributed by atoms with E-state index >= 15 is 0 Å². The van der Waals surface area contributed by atoms with Gasteiger partial charge in [0, 0.05) is 33.5 Å². The molecule has 0 atom stereocenters. The van der Waals surface area contributed by atoms with Gasteiger partial charge in [0.05, 0.1) is 0 Å². The second-order valence-corrected chi connectivity index (χ2v) is 4.64. The molecule has 6 heteroatoms. The van der Waals surface area contributed by atoms with Crippen LogP contribution in [0.3, 0.4) is 0 Å². The number of carbonyl (C=O) groups excluding carboxylic acids is 2. The standard InChI is InChI=1S/C12H23N3O2.ClH/c1-13-11(16)5-8-15(2)12(17)9-10-3-6-14-7-4-10;/h10,14H,3-9H2,1-2H3,(H,13,16);1H. The molecule has 1 aliphatic heterocycles. The molecule has 0 aromatic carbocycles. The maximum Gasteiger partial charge on any atom is 0.222 e. The lowest BCUT2D eigenvalue weighted by atomic mass is 9.94. The van der Waals surface area contributed by atoms with E-state index in [1.54, 1.807) is 19.0 Å². The Hall–Kier alpha value is -0.810. The van der Waals surface area contributed by atoms with E-state index in [-0.39, 0.29) is 24.2 Å². The smallest absolute Gasteiger partial charge is 0.222 e. The van der Waals surface area contributed by atoms with Gasteiger partial charge >= 0.3 is 0 Å². The summed E-state index contributed by atoms with van der Waals surface area (Å²) in [6.07, 6.45) is 3.15. The normalized spacial score (nSPS) is 15.7. The van der Waals surface area contributed by atoms with Crippen molar-refractivity contribution < 1.29 is 9.59 Å². The Labute approximate surface area is 115 Å². The summed E-state index contributed by atoms with van der Waals surface area (Å²) in [7, 11) is 3.38. The van der Waals surface area contributed by atoms with Gasteiger partial charge in [-0.3, -0.25) is 9.59 Å². The zero-order chi connectivity index (χ0) is 12.7. The summed E-state index contributed by atoms with van der Waals surface area (Å²) in [6.45, 7) is 2.53. The maximum absolute atomic E-state index is 11.9. The average molecular weight is 278 g/mol. The van der Waals surface area contributed by atoms with E-state index in [1.807, 2.05) is 0 Å². The number of halogens is 1. The van der Waals surface area contributed by atoms with Crippen LogP contribution in [0.25, 0.3) is 0 Å².